The Labute approximate surface area is 158 Å². The highest BCUT2D eigenvalue weighted by molar-refractivity contribution is 5.75. The number of hydrogen-bond donors (Lipinski definition) is 1. The van der Waals surface area contributed by atoms with E-state index < -0.39 is 0 Å². The van der Waals surface area contributed by atoms with Crippen molar-refractivity contribution in [2.75, 3.05) is 45.2 Å². The number of nitrogens with zero attached hydrogens (tertiary/aromatic N) is 2. The van der Waals surface area contributed by atoms with Gasteiger partial charge in [0.1, 0.15) is 5.75 Å². The van der Waals surface area contributed by atoms with E-state index in [1.807, 2.05) is 12.1 Å². The number of carbonyl (C=O) groups excluding carboxylic acids is 1. The lowest BCUT2D eigenvalue weighted by Crippen LogP contribution is -2.53. The minimum absolute atomic E-state index is 0.132. The highest BCUT2D eigenvalue weighted by Crippen LogP contribution is 2.24. The monoisotopic (exact) mass is 361 g/mol. The molecule has 1 aromatic rings. The Morgan fingerprint density at radius 2 is 1.96 bits per heavy atom. The molecule has 1 heterocycles. The van der Waals surface area contributed by atoms with Crippen LogP contribution in [-0.4, -0.2) is 57.2 Å². The number of ether oxygens (including phenoxy) is 1. The van der Waals surface area contributed by atoms with Crippen molar-refractivity contribution in [3.8, 4) is 5.75 Å². The molecule has 1 unspecified atom stereocenters. The van der Waals surface area contributed by atoms with Crippen LogP contribution in [0.15, 0.2) is 24.3 Å². The highest BCUT2D eigenvalue weighted by atomic mass is 16.5. The van der Waals surface area contributed by atoms with Crippen molar-refractivity contribution >= 4 is 11.6 Å². The molecule has 0 aromatic heterocycles. The van der Waals surface area contributed by atoms with Crippen LogP contribution in [0.25, 0.3) is 0 Å². The predicted octanol–water partition coefficient (Wildman–Crippen LogP) is 3.29. The normalized spacial score (nSPS) is 18.0. The standard InChI is InChI=1S/C21H35N3O2/c1-4-5-6-7-8-19-17-24(18-9-11-20(26-3)12-10-18)16-15-23(19)14-13-21(25)22-2/h9-12,19H,4-8,13-17H2,1-3H3,(H,22,25). The van der Waals surface area contributed by atoms with Gasteiger partial charge in [-0.05, 0) is 30.7 Å². The minimum Gasteiger partial charge on any atom is -0.497 e. The maximum Gasteiger partial charge on any atom is 0.221 e. The smallest absolute Gasteiger partial charge is 0.221 e. The Kier molecular flexibility index (Phi) is 8.75. The SMILES string of the molecule is CCCCCCC1CN(c2ccc(OC)cc2)CCN1CCC(=O)NC. The first-order valence-electron chi connectivity index (χ1n) is 10.0. The van der Waals surface area contributed by atoms with Gasteiger partial charge in [-0.3, -0.25) is 9.69 Å². The second-order valence-electron chi connectivity index (χ2n) is 7.11. The zero-order valence-corrected chi connectivity index (χ0v) is 16.7. The number of hydrogen-bond acceptors (Lipinski definition) is 4. The van der Waals surface area contributed by atoms with Crippen LogP contribution in [0.1, 0.15) is 45.4 Å². The van der Waals surface area contributed by atoms with E-state index in [0.717, 1.165) is 31.9 Å². The lowest BCUT2D eigenvalue weighted by Gasteiger charge is -2.42. The molecule has 1 aliphatic heterocycles. The van der Waals surface area contributed by atoms with Crippen LogP contribution in [0.3, 0.4) is 0 Å². The molecule has 1 aliphatic rings. The van der Waals surface area contributed by atoms with Gasteiger partial charge in [-0.2, -0.15) is 0 Å². The number of nitrogens with one attached hydrogen (secondary N) is 1. The van der Waals surface area contributed by atoms with E-state index in [4.69, 9.17) is 4.74 Å². The second-order valence-corrected chi connectivity index (χ2v) is 7.11. The molecule has 26 heavy (non-hydrogen) atoms. The van der Waals surface area contributed by atoms with E-state index in [-0.39, 0.29) is 5.91 Å². The van der Waals surface area contributed by atoms with Gasteiger partial charge in [-0.1, -0.05) is 32.6 Å². The number of rotatable bonds is 10. The lowest BCUT2D eigenvalue weighted by molar-refractivity contribution is -0.121. The first-order valence-corrected chi connectivity index (χ1v) is 10.0. The van der Waals surface area contributed by atoms with Crippen molar-refractivity contribution in [3.05, 3.63) is 24.3 Å². The van der Waals surface area contributed by atoms with Crippen LogP contribution in [0, 0.1) is 0 Å². The van der Waals surface area contributed by atoms with E-state index in [0.29, 0.717) is 12.5 Å². The van der Waals surface area contributed by atoms with Gasteiger partial charge in [0.2, 0.25) is 5.91 Å². The van der Waals surface area contributed by atoms with Crippen LogP contribution in [0.2, 0.25) is 0 Å². The van der Waals surface area contributed by atoms with Crippen molar-refractivity contribution in [2.24, 2.45) is 0 Å². The second kappa shape index (κ2) is 11.1. The first kappa shape index (κ1) is 20.6. The lowest BCUT2D eigenvalue weighted by atomic mass is 10.0. The highest BCUT2D eigenvalue weighted by Gasteiger charge is 2.27. The van der Waals surface area contributed by atoms with Crippen molar-refractivity contribution in [1.29, 1.82) is 0 Å². The molecule has 0 saturated carbocycles. The summed E-state index contributed by atoms with van der Waals surface area (Å²) in [5.74, 6) is 1.03. The molecule has 1 amide bonds. The average molecular weight is 362 g/mol. The Morgan fingerprint density at radius 3 is 2.62 bits per heavy atom. The molecule has 1 saturated heterocycles. The summed E-state index contributed by atoms with van der Waals surface area (Å²) in [5, 5.41) is 2.74. The molecule has 5 nitrogen and oxygen atoms in total. The maximum atomic E-state index is 11.6. The molecular formula is C21H35N3O2. The van der Waals surface area contributed by atoms with E-state index >= 15 is 0 Å². The Morgan fingerprint density at radius 1 is 1.19 bits per heavy atom. The summed E-state index contributed by atoms with van der Waals surface area (Å²) in [6.07, 6.45) is 6.95. The summed E-state index contributed by atoms with van der Waals surface area (Å²) in [6, 6.07) is 8.88. The molecule has 0 aliphatic carbocycles. The minimum atomic E-state index is 0.132. The quantitative estimate of drug-likeness (QED) is 0.650. The van der Waals surface area contributed by atoms with Gasteiger partial charge in [0, 0.05) is 51.4 Å². The first-order chi connectivity index (χ1) is 12.7. The molecule has 1 N–H and O–H groups in total. The van der Waals surface area contributed by atoms with E-state index in [9.17, 15) is 4.79 Å². The van der Waals surface area contributed by atoms with Crippen molar-refractivity contribution in [1.82, 2.24) is 10.2 Å². The van der Waals surface area contributed by atoms with Crippen LogP contribution < -0.4 is 15.0 Å². The molecular weight excluding hydrogens is 326 g/mol. The zero-order valence-electron chi connectivity index (χ0n) is 16.7. The molecule has 0 radical (unpaired) electrons. The van der Waals surface area contributed by atoms with Crippen molar-refractivity contribution in [2.45, 2.75) is 51.5 Å². The summed E-state index contributed by atoms with van der Waals surface area (Å²) < 4.78 is 5.27. The number of piperazine rings is 1. The topological polar surface area (TPSA) is 44.8 Å². The van der Waals surface area contributed by atoms with Crippen molar-refractivity contribution in [3.63, 3.8) is 0 Å². The Balaban J connectivity index is 1.96. The summed E-state index contributed by atoms with van der Waals surface area (Å²) in [7, 11) is 3.42. The van der Waals surface area contributed by atoms with Crippen LogP contribution in [0.4, 0.5) is 5.69 Å². The molecule has 2 rings (SSSR count). The largest absolute Gasteiger partial charge is 0.497 e. The van der Waals surface area contributed by atoms with Crippen LogP contribution in [0.5, 0.6) is 5.75 Å². The molecule has 146 valence electrons. The number of methoxy groups -OCH3 is 1. The van der Waals surface area contributed by atoms with Crippen molar-refractivity contribution < 1.29 is 9.53 Å². The van der Waals surface area contributed by atoms with Gasteiger partial charge in [0.15, 0.2) is 0 Å². The third kappa shape index (κ3) is 6.20. The van der Waals surface area contributed by atoms with Crippen LogP contribution >= 0.6 is 0 Å². The fourth-order valence-electron chi connectivity index (χ4n) is 3.67. The zero-order chi connectivity index (χ0) is 18.8. The third-order valence-corrected chi connectivity index (χ3v) is 5.34. The number of amides is 1. The average Bonchev–Trinajstić information content (AvgIpc) is 2.69. The summed E-state index contributed by atoms with van der Waals surface area (Å²) >= 11 is 0. The number of benzene rings is 1. The van der Waals surface area contributed by atoms with Gasteiger partial charge < -0.3 is 15.0 Å². The van der Waals surface area contributed by atoms with Crippen LogP contribution in [-0.2, 0) is 4.79 Å². The maximum absolute atomic E-state index is 11.6. The Hall–Kier alpha value is -1.75. The van der Waals surface area contributed by atoms with Gasteiger partial charge in [0.25, 0.3) is 0 Å². The summed E-state index contributed by atoms with van der Waals surface area (Å²) in [5.41, 5.74) is 1.26. The van der Waals surface area contributed by atoms with Gasteiger partial charge >= 0.3 is 0 Å². The summed E-state index contributed by atoms with van der Waals surface area (Å²) in [4.78, 5) is 16.6. The van der Waals surface area contributed by atoms with E-state index in [2.05, 4.69) is 34.2 Å². The van der Waals surface area contributed by atoms with Gasteiger partial charge in [-0.15, -0.1) is 0 Å². The molecule has 0 bridgehead atoms. The third-order valence-electron chi connectivity index (χ3n) is 5.34. The molecule has 1 aromatic carbocycles. The predicted molar refractivity (Wildman–Crippen MR) is 108 cm³/mol. The molecule has 5 heteroatoms. The summed E-state index contributed by atoms with van der Waals surface area (Å²) in [6.45, 7) is 6.16. The molecule has 1 atom stereocenters. The molecule has 0 spiro atoms. The fourth-order valence-corrected chi connectivity index (χ4v) is 3.67. The number of unbranched alkanes of at least 4 members (excludes halogenated alkanes) is 3. The number of carbonyl (C=O) groups is 1. The molecule has 1 fully saturated rings. The van der Waals surface area contributed by atoms with E-state index in [1.165, 1.54) is 37.8 Å². The Bertz CT molecular complexity index is 533. The van der Waals surface area contributed by atoms with E-state index in [1.54, 1.807) is 14.2 Å². The fraction of sp³-hybridized carbons (Fsp3) is 0.667. The van der Waals surface area contributed by atoms with Gasteiger partial charge in [0.05, 0.1) is 7.11 Å². The van der Waals surface area contributed by atoms with Gasteiger partial charge in [-0.25, -0.2) is 0 Å². The number of anilines is 1.